The molecule has 128 valence electrons. The van der Waals surface area contributed by atoms with Crippen LogP contribution in [0.5, 0.6) is 0 Å². The average Bonchev–Trinajstić information content (AvgIpc) is 2.84. The van der Waals surface area contributed by atoms with Gasteiger partial charge in [0.05, 0.1) is 18.2 Å². The number of carboxylic acids is 1. The molecule has 1 aromatic rings. The number of methoxy groups -OCH3 is 1. The lowest BCUT2D eigenvalue weighted by molar-refractivity contribution is -0.168. The number of esters is 1. The summed E-state index contributed by atoms with van der Waals surface area (Å²) in [5.41, 5.74) is -0.294. The Morgan fingerprint density at radius 3 is 2.08 bits per heavy atom. The van der Waals surface area contributed by atoms with Gasteiger partial charge in [-0.2, -0.15) is 0 Å². The van der Waals surface area contributed by atoms with Crippen molar-refractivity contribution in [2.24, 2.45) is 0 Å². The van der Waals surface area contributed by atoms with Crippen LogP contribution in [0.3, 0.4) is 0 Å². The van der Waals surface area contributed by atoms with Crippen LogP contribution in [0.25, 0.3) is 0 Å². The predicted molar refractivity (Wildman–Crippen MR) is 80.2 cm³/mol. The molecule has 0 aromatic heterocycles. The van der Waals surface area contributed by atoms with E-state index in [1.54, 1.807) is 12.1 Å². The van der Waals surface area contributed by atoms with Crippen LogP contribution >= 0.6 is 0 Å². The van der Waals surface area contributed by atoms with Gasteiger partial charge in [-0.05, 0) is 12.1 Å². The van der Waals surface area contributed by atoms with E-state index in [2.05, 4.69) is 11.3 Å². The molecule has 1 fully saturated rings. The van der Waals surface area contributed by atoms with Crippen molar-refractivity contribution in [3.8, 4) is 0 Å². The highest BCUT2D eigenvalue weighted by atomic mass is 16.5. The van der Waals surface area contributed by atoms with Gasteiger partial charge in [0.2, 0.25) is 0 Å². The number of fused-ring (bicyclic) bond motifs is 1. The van der Waals surface area contributed by atoms with E-state index >= 15 is 0 Å². The number of hydrogen-bond acceptors (Lipinski definition) is 6. The first-order chi connectivity index (χ1) is 11.8. The maximum Gasteiger partial charge on any atom is 0.354 e. The number of β-lactam (4-membered cyclic amide) rings is 1. The first kappa shape index (κ1) is 16.4. The number of ether oxygens (including phenoxy) is 1. The molecule has 0 unspecified atom stereocenters. The SMILES string of the molecule is C=C(C(=O)OC)N1C(=O)[C@@H](N2C(=O)c3ccccc3C2=O)[C@H]1C(=O)O. The van der Waals surface area contributed by atoms with Crippen molar-refractivity contribution in [3.05, 3.63) is 47.7 Å². The second kappa shape index (κ2) is 5.55. The largest absolute Gasteiger partial charge is 0.480 e. The Kier molecular flexibility index (Phi) is 3.63. The number of carbonyl (C=O) groups excluding carboxylic acids is 4. The molecule has 0 aliphatic carbocycles. The van der Waals surface area contributed by atoms with E-state index < -0.39 is 47.4 Å². The number of imide groups is 1. The summed E-state index contributed by atoms with van der Waals surface area (Å²) in [5, 5.41) is 9.41. The molecule has 0 bridgehead atoms. The van der Waals surface area contributed by atoms with Crippen LogP contribution < -0.4 is 0 Å². The highest BCUT2D eigenvalue weighted by Gasteiger charge is 2.61. The van der Waals surface area contributed by atoms with E-state index in [4.69, 9.17) is 0 Å². The van der Waals surface area contributed by atoms with Gasteiger partial charge in [0, 0.05) is 0 Å². The van der Waals surface area contributed by atoms with Gasteiger partial charge in [0.1, 0.15) is 5.70 Å². The van der Waals surface area contributed by atoms with E-state index in [1.807, 2.05) is 0 Å². The van der Waals surface area contributed by atoms with Crippen molar-refractivity contribution in [2.75, 3.05) is 7.11 Å². The topological polar surface area (TPSA) is 121 Å². The van der Waals surface area contributed by atoms with Crippen LogP contribution in [0.4, 0.5) is 0 Å². The Balaban J connectivity index is 1.96. The summed E-state index contributed by atoms with van der Waals surface area (Å²) in [5.74, 6) is -4.87. The summed E-state index contributed by atoms with van der Waals surface area (Å²) in [6, 6.07) is 2.78. The van der Waals surface area contributed by atoms with Crippen molar-refractivity contribution >= 4 is 29.7 Å². The van der Waals surface area contributed by atoms with Crippen LogP contribution in [0, 0.1) is 0 Å². The number of aliphatic carboxylic acids is 1. The first-order valence-electron chi connectivity index (χ1n) is 7.11. The minimum Gasteiger partial charge on any atom is -0.480 e. The van der Waals surface area contributed by atoms with Crippen molar-refractivity contribution in [2.45, 2.75) is 12.1 Å². The molecule has 3 rings (SSSR count). The number of carbonyl (C=O) groups is 5. The molecular weight excluding hydrogens is 332 g/mol. The van der Waals surface area contributed by atoms with Gasteiger partial charge in [-0.15, -0.1) is 0 Å². The van der Waals surface area contributed by atoms with Crippen LogP contribution in [-0.4, -0.2) is 63.8 Å². The van der Waals surface area contributed by atoms with Gasteiger partial charge in [-0.25, -0.2) is 9.59 Å². The van der Waals surface area contributed by atoms with E-state index in [0.29, 0.717) is 9.80 Å². The number of nitrogens with zero attached hydrogens (tertiary/aromatic N) is 2. The second-order valence-corrected chi connectivity index (χ2v) is 5.40. The van der Waals surface area contributed by atoms with Gasteiger partial charge in [-0.3, -0.25) is 24.2 Å². The van der Waals surface area contributed by atoms with Crippen LogP contribution in [0.1, 0.15) is 20.7 Å². The zero-order valence-corrected chi connectivity index (χ0v) is 13.0. The Morgan fingerprint density at radius 2 is 1.64 bits per heavy atom. The Hall–Kier alpha value is -3.49. The van der Waals surface area contributed by atoms with Gasteiger partial charge in [-0.1, -0.05) is 18.7 Å². The summed E-state index contributed by atoms with van der Waals surface area (Å²) in [6.45, 7) is 3.35. The van der Waals surface area contributed by atoms with Gasteiger partial charge in [0.25, 0.3) is 17.7 Å². The van der Waals surface area contributed by atoms with Crippen molar-refractivity contribution in [3.63, 3.8) is 0 Å². The number of benzene rings is 1. The normalized spacial score (nSPS) is 21.7. The number of likely N-dealkylation sites (tertiary alicyclic amines) is 1. The van der Waals surface area contributed by atoms with Crippen LogP contribution in [0.2, 0.25) is 0 Å². The number of hydrogen-bond donors (Lipinski definition) is 1. The highest BCUT2D eigenvalue weighted by molar-refractivity contribution is 6.24. The summed E-state index contributed by atoms with van der Waals surface area (Å²) >= 11 is 0. The van der Waals surface area contributed by atoms with E-state index in [0.717, 1.165) is 7.11 Å². The van der Waals surface area contributed by atoms with E-state index in [9.17, 15) is 29.1 Å². The molecule has 1 aromatic carbocycles. The zero-order valence-electron chi connectivity index (χ0n) is 13.0. The summed E-state index contributed by atoms with van der Waals surface area (Å²) in [6.07, 6.45) is 0. The number of amides is 3. The molecule has 3 amide bonds. The Labute approximate surface area is 141 Å². The maximum absolute atomic E-state index is 12.4. The fraction of sp³-hybridized carbons (Fsp3) is 0.188. The summed E-state index contributed by atoms with van der Waals surface area (Å²) in [7, 11) is 1.05. The van der Waals surface area contributed by atoms with Gasteiger partial charge >= 0.3 is 11.9 Å². The molecular formula is C16H12N2O7. The molecule has 2 aliphatic heterocycles. The Bertz CT molecular complexity index is 825. The van der Waals surface area contributed by atoms with Crippen molar-refractivity contribution in [1.82, 2.24) is 9.80 Å². The molecule has 9 nitrogen and oxygen atoms in total. The molecule has 0 saturated carbocycles. The smallest absolute Gasteiger partial charge is 0.354 e. The fourth-order valence-electron chi connectivity index (χ4n) is 2.95. The average molecular weight is 344 g/mol. The molecule has 2 aliphatic rings. The molecule has 9 heteroatoms. The molecule has 2 heterocycles. The predicted octanol–water partition coefficient (Wildman–Crippen LogP) is -0.367. The molecule has 1 saturated heterocycles. The van der Waals surface area contributed by atoms with Gasteiger partial charge < -0.3 is 9.84 Å². The van der Waals surface area contributed by atoms with Crippen molar-refractivity contribution < 1.29 is 33.8 Å². The van der Waals surface area contributed by atoms with Crippen LogP contribution in [0.15, 0.2) is 36.5 Å². The first-order valence-corrected chi connectivity index (χ1v) is 7.11. The quantitative estimate of drug-likeness (QED) is 0.342. The lowest BCUT2D eigenvalue weighted by Gasteiger charge is -2.46. The molecule has 1 N–H and O–H groups in total. The summed E-state index contributed by atoms with van der Waals surface area (Å²) < 4.78 is 4.43. The van der Waals surface area contributed by atoms with Crippen molar-refractivity contribution in [1.29, 1.82) is 0 Å². The molecule has 25 heavy (non-hydrogen) atoms. The van der Waals surface area contributed by atoms with E-state index in [-0.39, 0.29) is 11.1 Å². The molecule has 0 spiro atoms. The number of carboxylic acid groups (broad SMARTS) is 1. The third-order valence-corrected chi connectivity index (χ3v) is 4.14. The minimum absolute atomic E-state index is 0.0923. The third kappa shape index (κ3) is 2.12. The zero-order chi connectivity index (χ0) is 18.5. The maximum atomic E-state index is 12.4. The van der Waals surface area contributed by atoms with E-state index in [1.165, 1.54) is 12.1 Å². The summed E-state index contributed by atoms with van der Waals surface area (Å²) in [4.78, 5) is 61.7. The number of rotatable bonds is 4. The molecule has 2 atom stereocenters. The molecule has 0 radical (unpaired) electrons. The third-order valence-electron chi connectivity index (χ3n) is 4.14. The fourth-order valence-corrected chi connectivity index (χ4v) is 2.95. The standard InChI is InChI=1S/C16H12N2O7/c1-7(16(24)25-2)17-11(15(22)23)10(14(17)21)18-12(19)8-5-3-4-6-9(8)13(18)20/h3-6,10-11H,1H2,2H3,(H,22,23)/t10-,11-/m0/s1. The minimum atomic E-state index is -1.61. The lowest BCUT2D eigenvalue weighted by Crippen LogP contribution is -2.73. The lowest BCUT2D eigenvalue weighted by atomic mass is 9.92. The van der Waals surface area contributed by atoms with Crippen LogP contribution in [-0.2, 0) is 19.1 Å². The monoisotopic (exact) mass is 344 g/mol. The highest BCUT2D eigenvalue weighted by Crippen LogP contribution is 2.34. The Morgan fingerprint density at radius 1 is 1.12 bits per heavy atom. The second-order valence-electron chi connectivity index (χ2n) is 5.40. The van der Waals surface area contributed by atoms with Gasteiger partial charge in [0.15, 0.2) is 12.1 Å².